The molecule has 1 aliphatic heterocycles. The third-order valence-electron chi connectivity index (χ3n) is 5.34. The van der Waals surface area contributed by atoms with Crippen LogP contribution in [0.4, 0.5) is 0 Å². The summed E-state index contributed by atoms with van der Waals surface area (Å²) in [4.78, 5) is 26.2. The molecule has 0 saturated carbocycles. The minimum Gasteiger partial charge on any atom is -0.489 e. The van der Waals surface area contributed by atoms with Gasteiger partial charge >= 0.3 is 0 Å². The summed E-state index contributed by atoms with van der Waals surface area (Å²) >= 11 is 6.37. The van der Waals surface area contributed by atoms with Crippen molar-refractivity contribution in [1.82, 2.24) is 15.1 Å². The first-order valence-electron chi connectivity index (χ1n) is 10.6. The summed E-state index contributed by atoms with van der Waals surface area (Å²) in [6.45, 7) is 1.28. The van der Waals surface area contributed by atoms with Crippen LogP contribution in [0.5, 0.6) is 11.5 Å². The molecule has 0 spiro atoms. The highest BCUT2D eigenvalue weighted by atomic mass is 35.5. The molecule has 1 amide bonds. The van der Waals surface area contributed by atoms with Crippen LogP contribution in [0, 0.1) is 0 Å². The maximum absolute atomic E-state index is 13.2. The number of rotatable bonds is 4. The van der Waals surface area contributed by atoms with Crippen molar-refractivity contribution in [2.24, 2.45) is 0 Å². The van der Waals surface area contributed by atoms with Crippen molar-refractivity contribution >= 4 is 28.3 Å². The van der Waals surface area contributed by atoms with Crippen molar-refractivity contribution < 1.29 is 14.3 Å². The quantitative estimate of drug-likeness (QED) is 0.494. The molecule has 0 unspecified atom stereocenters. The lowest BCUT2D eigenvalue weighted by Gasteiger charge is -2.13. The van der Waals surface area contributed by atoms with Gasteiger partial charge in [0, 0.05) is 18.4 Å². The van der Waals surface area contributed by atoms with Gasteiger partial charge in [-0.3, -0.25) is 9.59 Å². The fraction of sp³-hybridized carbons (Fsp3) is 0.160. The van der Waals surface area contributed by atoms with Gasteiger partial charge in [0.2, 0.25) is 0 Å². The molecule has 0 bridgehead atoms. The highest BCUT2D eigenvalue weighted by Gasteiger charge is 2.19. The van der Waals surface area contributed by atoms with Gasteiger partial charge in [-0.15, -0.1) is 0 Å². The van der Waals surface area contributed by atoms with Crippen LogP contribution < -0.4 is 20.3 Å². The second-order valence-corrected chi connectivity index (χ2v) is 7.99. The van der Waals surface area contributed by atoms with E-state index in [2.05, 4.69) is 10.4 Å². The summed E-state index contributed by atoms with van der Waals surface area (Å²) in [6.07, 6.45) is 0.771. The van der Waals surface area contributed by atoms with Crippen molar-refractivity contribution in [3.63, 3.8) is 0 Å². The van der Waals surface area contributed by atoms with Gasteiger partial charge in [-0.1, -0.05) is 48.0 Å². The molecule has 166 valence electrons. The van der Waals surface area contributed by atoms with Crippen LogP contribution in [0.15, 0.2) is 71.5 Å². The van der Waals surface area contributed by atoms with Gasteiger partial charge in [0.15, 0.2) is 17.2 Å². The van der Waals surface area contributed by atoms with Crippen LogP contribution in [0.3, 0.4) is 0 Å². The first-order chi connectivity index (χ1) is 16.1. The van der Waals surface area contributed by atoms with E-state index in [1.165, 1.54) is 4.68 Å². The number of benzene rings is 3. The Kier molecular flexibility index (Phi) is 5.71. The molecule has 5 rings (SSSR count). The van der Waals surface area contributed by atoms with Crippen LogP contribution >= 0.6 is 11.6 Å². The summed E-state index contributed by atoms with van der Waals surface area (Å²) in [5.74, 6) is 0.677. The lowest BCUT2D eigenvalue weighted by atomic mass is 10.1. The Morgan fingerprint density at radius 2 is 1.73 bits per heavy atom. The van der Waals surface area contributed by atoms with Crippen LogP contribution in [0.2, 0.25) is 5.02 Å². The maximum atomic E-state index is 13.2. The number of fused-ring (bicyclic) bond motifs is 2. The van der Waals surface area contributed by atoms with E-state index in [4.69, 9.17) is 21.1 Å². The van der Waals surface area contributed by atoms with Crippen molar-refractivity contribution in [3.8, 4) is 17.2 Å². The average molecular weight is 462 g/mol. The number of para-hydroxylation sites is 1. The zero-order valence-electron chi connectivity index (χ0n) is 17.6. The minimum atomic E-state index is -0.404. The van der Waals surface area contributed by atoms with Gasteiger partial charge in [-0.2, -0.15) is 9.78 Å². The molecule has 1 N–H and O–H groups in total. The molecule has 0 aliphatic carbocycles. The van der Waals surface area contributed by atoms with Gasteiger partial charge in [-0.25, -0.2) is 0 Å². The number of hydrogen-bond donors (Lipinski definition) is 1. The number of nitrogens with zero attached hydrogens (tertiary/aromatic N) is 2. The van der Waals surface area contributed by atoms with E-state index in [0.29, 0.717) is 46.2 Å². The van der Waals surface area contributed by atoms with E-state index in [0.717, 1.165) is 12.0 Å². The molecule has 1 aromatic heterocycles. The van der Waals surface area contributed by atoms with E-state index in [1.54, 1.807) is 42.5 Å². The van der Waals surface area contributed by atoms with Gasteiger partial charge in [0.1, 0.15) is 0 Å². The van der Waals surface area contributed by atoms with Crippen molar-refractivity contribution in [3.05, 3.63) is 93.4 Å². The summed E-state index contributed by atoms with van der Waals surface area (Å²) in [5.41, 5.74) is 1.22. The maximum Gasteiger partial charge on any atom is 0.279 e. The first-order valence-corrected chi connectivity index (χ1v) is 10.9. The molecular formula is C25H20ClN3O4. The molecule has 4 aromatic rings. The lowest BCUT2D eigenvalue weighted by Crippen LogP contribution is -2.29. The smallest absolute Gasteiger partial charge is 0.279 e. The predicted molar refractivity (Wildman–Crippen MR) is 126 cm³/mol. The number of hydrogen-bond acceptors (Lipinski definition) is 5. The summed E-state index contributed by atoms with van der Waals surface area (Å²) in [7, 11) is 0. The van der Waals surface area contributed by atoms with Gasteiger partial charge in [-0.05, 0) is 35.9 Å². The molecule has 3 aromatic carbocycles. The molecule has 0 saturated heterocycles. The average Bonchev–Trinajstić information content (AvgIpc) is 3.09. The summed E-state index contributed by atoms with van der Waals surface area (Å²) in [5, 5.41) is 8.62. The second kappa shape index (κ2) is 8.96. The van der Waals surface area contributed by atoms with Gasteiger partial charge < -0.3 is 14.8 Å². The molecule has 1 aliphatic rings. The molecule has 0 radical (unpaired) electrons. The number of carbonyl (C=O) groups is 1. The van der Waals surface area contributed by atoms with Crippen LogP contribution in [0.1, 0.15) is 22.5 Å². The Bertz CT molecular complexity index is 1400. The van der Waals surface area contributed by atoms with Gasteiger partial charge in [0.05, 0.1) is 29.3 Å². The summed E-state index contributed by atoms with van der Waals surface area (Å²) < 4.78 is 12.6. The largest absolute Gasteiger partial charge is 0.489 e. The third-order valence-corrected chi connectivity index (χ3v) is 5.62. The predicted octanol–water partition coefficient (Wildman–Crippen LogP) is 4.13. The highest BCUT2D eigenvalue weighted by Crippen LogP contribution is 2.38. The Labute approximate surface area is 194 Å². The topological polar surface area (TPSA) is 82.4 Å². The molecule has 0 atom stereocenters. The van der Waals surface area contributed by atoms with Crippen LogP contribution in [-0.4, -0.2) is 28.9 Å². The SMILES string of the molecule is O=C(NCc1cc(Cl)c2c(c1)OCCCO2)c1nn(-c2ccccc2)c(=O)c2ccccc12. The molecule has 8 heteroatoms. The fourth-order valence-electron chi connectivity index (χ4n) is 3.75. The number of aromatic nitrogens is 2. The van der Waals surface area contributed by atoms with E-state index in [9.17, 15) is 9.59 Å². The molecular weight excluding hydrogens is 442 g/mol. The van der Waals surface area contributed by atoms with Crippen LogP contribution in [0.25, 0.3) is 16.5 Å². The fourth-order valence-corrected chi connectivity index (χ4v) is 4.04. The molecule has 0 fully saturated rings. The van der Waals surface area contributed by atoms with Crippen molar-refractivity contribution in [2.45, 2.75) is 13.0 Å². The Hall–Kier alpha value is -3.84. The van der Waals surface area contributed by atoms with Crippen LogP contribution in [-0.2, 0) is 6.54 Å². The van der Waals surface area contributed by atoms with E-state index >= 15 is 0 Å². The minimum absolute atomic E-state index is 0.162. The van der Waals surface area contributed by atoms with Crippen molar-refractivity contribution in [1.29, 1.82) is 0 Å². The number of ether oxygens (including phenoxy) is 2. The first kappa shape index (κ1) is 21.0. The number of halogens is 1. The highest BCUT2D eigenvalue weighted by molar-refractivity contribution is 6.32. The Morgan fingerprint density at radius 3 is 2.55 bits per heavy atom. The Morgan fingerprint density at radius 1 is 1.00 bits per heavy atom. The number of carbonyl (C=O) groups excluding carboxylic acids is 1. The summed E-state index contributed by atoms with van der Waals surface area (Å²) in [6, 6.07) is 19.5. The normalized spacial score (nSPS) is 12.9. The second-order valence-electron chi connectivity index (χ2n) is 7.58. The molecule has 7 nitrogen and oxygen atoms in total. The monoisotopic (exact) mass is 461 g/mol. The molecule has 2 heterocycles. The zero-order valence-corrected chi connectivity index (χ0v) is 18.3. The lowest BCUT2D eigenvalue weighted by molar-refractivity contribution is 0.0946. The van der Waals surface area contributed by atoms with E-state index < -0.39 is 5.91 Å². The van der Waals surface area contributed by atoms with E-state index in [1.807, 2.05) is 24.3 Å². The molecule has 33 heavy (non-hydrogen) atoms. The Balaban J connectivity index is 1.48. The zero-order chi connectivity index (χ0) is 22.8. The van der Waals surface area contributed by atoms with E-state index in [-0.39, 0.29) is 17.8 Å². The number of nitrogens with one attached hydrogen (secondary N) is 1. The standard InChI is InChI=1S/C25H20ClN3O4/c26-20-13-16(14-21-23(20)33-12-6-11-32-21)15-27-24(30)22-18-9-4-5-10-19(18)25(31)29(28-22)17-7-2-1-3-8-17/h1-5,7-10,13-14H,6,11-12,15H2,(H,27,30). The number of amides is 1. The third kappa shape index (κ3) is 4.15. The van der Waals surface area contributed by atoms with Gasteiger partial charge in [0.25, 0.3) is 11.5 Å². The van der Waals surface area contributed by atoms with Crippen molar-refractivity contribution in [2.75, 3.05) is 13.2 Å².